The van der Waals surface area contributed by atoms with E-state index in [-0.39, 0.29) is 37.2 Å². The monoisotopic (exact) mass is 398 g/mol. The molecule has 1 aromatic rings. The summed E-state index contributed by atoms with van der Waals surface area (Å²) < 4.78 is 5.30. The van der Waals surface area contributed by atoms with Crippen LogP contribution in [-0.4, -0.2) is 44.6 Å². The van der Waals surface area contributed by atoms with E-state index in [0.717, 1.165) is 25.7 Å². The first-order valence-corrected chi connectivity index (χ1v) is 8.84. The molecule has 150 valence electrons. The van der Waals surface area contributed by atoms with Crippen molar-refractivity contribution in [1.29, 1.82) is 0 Å². The molecule has 2 rings (SSSR count). The van der Waals surface area contributed by atoms with E-state index in [9.17, 15) is 14.4 Å². The van der Waals surface area contributed by atoms with Crippen LogP contribution >= 0.6 is 12.4 Å². The Hall–Kier alpha value is -2.32. The number of hydrogen-bond acceptors (Lipinski definition) is 5. The van der Waals surface area contributed by atoms with E-state index in [0.29, 0.717) is 30.1 Å². The van der Waals surface area contributed by atoms with E-state index in [2.05, 4.69) is 10.6 Å². The van der Waals surface area contributed by atoms with E-state index < -0.39 is 6.03 Å². The molecule has 1 fully saturated rings. The first-order chi connectivity index (χ1) is 12.6. The predicted octanol–water partition coefficient (Wildman–Crippen LogP) is 1.81. The fourth-order valence-electron chi connectivity index (χ4n) is 2.76. The van der Waals surface area contributed by atoms with E-state index in [1.807, 2.05) is 0 Å². The number of urea groups is 1. The number of carbonyl (C=O) groups is 3. The molecule has 1 aliphatic heterocycles. The van der Waals surface area contributed by atoms with Crippen LogP contribution in [0.5, 0.6) is 5.75 Å². The number of nitrogens with zero attached hydrogens (tertiary/aromatic N) is 1. The number of halogens is 1. The second-order valence-electron chi connectivity index (χ2n) is 6.10. The average Bonchev–Trinajstić information content (AvgIpc) is 2.64. The van der Waals surface area contributed by atoms with Gasteiger partial charge in [-0.05, 0) is 37.6 Å². The number of rotatable bonds is 9. The summed E-state index contributed by atoms with van der Waals surface area (Å²) in [6.45, 7) is 1.52. The zero-order valence-corrected chi connectivity index (χ0v) is 16.3. The molecule has 0 bridgehead atoms. The SMILES string of the molecule is COc1ccc(C(=O)NCCCCCCN)cc1N1CCC(=O)NC1=O.Cl. The van der Waals surface area contributed by atoms with Gasteiger partial charge < -0.3 is 15.8 Å². The number of imide groups is 1. The topological polar surface area (TPSA) is 114 Å². The molecule has 9 heteroatoms. The van der Waals surface area contributed by atoms with Crippen molar-refractivity contribution in [2.75, 3.05) is 31.6 Å². The van der Waals surface area contributed by atoms with Crippen LogP contribution in [0.25, 0.3) is 0 Å². The van der Waals surface area contributed by atoms with Crippen LogP contribution in [0.2, 0.25) is 0 Å². The Kier molecular flexibility index (Phi) is 9.60. The van der Waals surface area contributed by atoms with Crippen molar-refractivity contribution in [3.63, 3.8) is 0 Å². The molecule has 1 saturated heterocycles. The first-order valence-electron chi connectivity index (χ1n) is 8.84. The lowest BCUT2D eigenvalue weighted by Crippen LogP contribution is -2.49. The molecular weight excluding hydrogens is 372 g/mol. The maximum Gasteiger partial charge on any atom is 0.328 e. The van der Waals surface area contributed by atoms with E-state index in [4.69, 9.17) is 10.5 Å². The molecule has 0 unspecified atom stereocenters. The van der Waals surface area contributed by atoms with Crippen molar-refractivity contribution in [1.82, 2.24) is 10.6 Å². The number of hydrogen-bond donors (Lipinski definition) is 3. The van der Waals surface area contributed by atoms with Gasteiger partial charge in [0.1, 0.15) is 5.75 Å². The van der Waals surface area contributed by atoms with Crippen LogP contribution < -0.4 is 26.0 Å². The van der Waals surface area contributed by atoms with Crippen molar-refractivity contribution in [2.45, 2.75) is 32.1 Å². The minimum atomic E-state index is -0.517. The summed E-state index contributed by atoms with van der Waals surface area (Å²) in [6, 6.07) is 4.39. The summed E-state index contributed by atoms with van der Waals surface area (Å²) >= 11 is 0. The Labute approximate surface area is 165 Å². The van der Waals surface area contributed by atoms with Crippen LogP contribution in [0.1, 0.15) is 42.5 Å². The second kappa shape index (κ2) is 11.4. The molecule has 0 saturated carbocycles. The average molecular weight is 399 g/mol. The number of nitrogens with one attached hydrogen (secondary N) is 2. The van der Waals surface area contributed by atoms with Gasteiger partial charge in [-0.1, -0.05) is 12.8 Å². The summed E-state index contributed by atoms with van der Waals surface area (Å²) in [5, 5.41) is 5.15. The number of anilines is 1. The van der Waals surface area contributed by atoms with Crippen molar-refractivity contribution in [3.8, 4) is 5.75 Å². The minimum Gasteiger partial charge on any atom is -0.495 e. The zero-order chi connectivity index (χ0) is 18.9. The van der Waals surface area contributed by atoms with Gasteiger partial charge in [0.25, 0.3) is 5.91 Å². The quantitative estimate of drug-likeness (QED) is 0.549. The number of amides is 4. The maximum atomic E-state index is 12.4. The highest BCUT2D eigenvalue weighted by molar-refractivity contribution is 6.07. The normalized spacial score (nSPS) is 13.6. The number of methoxy groups -OCH3 is 1. The highest BCUT2D eigenvalue weighted by Crippen LogP contribution is 2.30. The van der Waals surface area contributed by atoms with Gasteiger partial charge in [0.05, 0.1) is 12.8 Å². The van der Waals surface area contributed by atoms with E-state index in [1.54, 1.807) is 18.2 Å². The minimum absolute atomic E-state index is 0. The van der Waals surface area contributed by atoms with Crippen molar-refractivity contribution >= 4 is 35.9 Å². The van der Waals surface area contributed by atoms with Crippen LogP contribution in [0.15, 0.2) is 18.2 Å². The molecule has 27 heavy (non-hydrogen) atoms. The lowest BCUT2D eigenvalue weighted by atomic mass is 10.1. The van der Waals surface area contributed by atoms with Gasteiger partial charge >= 0.3 is 6.03 Å². The third-order valence-corrected chi connectivity index (χ3v) is 4.20. The van der Waals surface area contributed by atoms with Crippen LogP contribution in [0, 0.1) is 0 Å². The maximum absolute atomic E-state index is 12.4. The predicted molar refractivity (Wildman–Crippen MR) is 106 cm³/mol. The number of benzene rings is 1. The van der Waals surface area contributed by atoms with Crippen LogP contribution in [0.3, 0.4) is 0 Å². The van der Waals surface area contributed by atoms with Crippen molar-refractivity contribution in [2.24, 2.45) is 5.73 Å². The van der Waals surface area contributed by atoms with E-state index >= 15 is 0 Å². The number of ether oxygens (including phenoxy) is 1. The van der Waals surface area contributed by atoms with Crippen LogP contribution in [-0.2, 0) is 4.79 Å². The van der Waals surface area contributed by atoms with Gasteiger partial charge in [-0.3, -0.25) is 19.8 Å². The molecule has 0 aliphatic carbocycles. The van der Waals surface area contributed by atoms with Gasteiger partial charge in [-0.15, -0.1) is 12.4 Å². The highest BCUT2D eigenvalue weighted by Gasteiger charge is 2.27. The molecule has 0 aromatic heterocycles. The number of unbranched alkanes of at least 4 members (excludes halogenated alkanes) is 3. The zero-order valence-electron chi connectivity index (χ0n) is 15.5. The Bertz CT molecular complexity index is 669. The molecular formula is C18H27ClN4O4. The molecule has 0 atom stereocenters. The van der Waals surface area contributed by atoms with Crippen LogP contribution in [0.4, 0.5) is 10.5 Å². The highest BCUT2D eigenvalue weighted by atomic mass is 35.5. The van der Waals surface area contributed by atoms with Gasteiger partial charge in [0, 0.05) is 25.1 Å². The number of carbonyl (C=O) groups excluding carboxylic acids is 3. The third kappa shape index (κ3) is 6.41. The summed E-state index contributed by atoms with van der Waals surface area (Å²) in [6.07, 6.45) is 4.17. The Morgan fingerprint density at radius 3 is 2.67 bits per heavy atom. The Balaban J connectivity index is 0.00000364. The molecule has 1 aromatic carbocycles. The van der Waals surface area contributed by atoms with Gasteiger partial charge in [-0.2, -0.15) is 0 Å². The summed E-state index contributed by atoms with van der Waals surface area (Å²) in [5.74, 6) is -0.0530. The largest absolute Gasteiger partial charge is 0.495 e. The Morgan fingerprint density at radius 1 is 1.26 bits per heavy atom. The number of nitrogens with two attached hydrogens (primary N) is 1. The summed E-state index contributed by atoms with van der Waals surface area (Å²) in [4.78, 5) is 37.2. The van der Waals surface area contributed by atoms with Gasteiger partial charge in [0.2, 0.25) is 5.91 Å². The fraction of sp³-hybridized carbons (Fsp3) is 0.500. The lowest BCUT2D eigenvalue weighted by Gasteiger charge is -2.28. The molecule has 4 N–H and O–H groups in total. The molecule has 8 nitrogen and oxygen atoms in total. The van der Waals surface area contributed by atoms with Gasteiger partial charge in [0.15, 0.2) is 0 Å². The van der Waals surface area contributed by atoms with E-state index in [1.165, 1.54) is 12.0 Å². The molecule has 0 radical (unpaired) electrons. The summed E-state index contributed by atoms with van der Waals surface area (Å²) in [5.41, 5.74) is 6.36. The Morgan fingerprint density at radius 2 is 2.00 bits per heavy atom. The first kappa shape index (κ1) is 22.7. The standard InChI is InChI=1S/C18H26N4O4.ClH/c1-26-15-7-6-13(17(24)20-10-5-3-2-4-9-19)12-14(15)22-11-8-16(23)21-18(22)25;/h6-7,12H,2-5,8-11,19H2,1H3,(H,20,24)(H,21,23,25);1H. The molecule has 1 aliphatic rings. The third-order valence-electron chi connectivity index (χ3n) is 4.20. The molecule has 4 amide bonds. The van der Waals surface area contributed by atoms with Crippen molar-refractivity contribution in [3.05, 3.63) is 23.8 Å². The second-order valence-corrected chi connectivity index (χ2v) is 6.10. The van der Waals surface area contributed by atoms with Gasteiger partial charge in [-0.25, -0.2) is 4.79 Å². The molecule has 0 spiro atoms. The van der Waals surface area contributed by atoms with Crippen molar-refractivity contribution < 1.29 is 19.1 Å². The summed E-state index contributed by atoms with van der Waals surface area (Å²) in [7, 11) is 1.49. The lowest BCUT2D eigenvalue weighted by molar-refractivity contribution is -0.120. The molecule has 1 heterocycles. The smallest absolute Gasteiger partial charge is 0.328 e. The fourth-order valence-corrected chi connectivity index (χ4v) is 2.76.